The number of benzene rings is 2. The molecule has 35 heavy (non-hydrogen) atoms. The van der Waals surface area contributed by atoms with E-state index in [0.717, 1.165) is 9.13 Å². The molecular weight excluding hydrogens is 477 g/mol. The van der Waals surface area contributed by atoms with Gasteiger partial charge in [0.15, 0.2) is 0 Å². The third-order valence-corrected chi connectivity index (χ3v) is 6.74. The molecule has 0 atom stereocenters. The minimum atomic E-state index is -3.98. The van der Waals surface area contributed by atoms with E-state index in [2.05, 4.69) is 5.32 Å². The van der Waals surface area contributed by atoms with Crippen LogP contribution in [0.15, 0.2) is 61.7 Å². The summed E-state index contributed by atoms with van der Waals surface area (Å²) in [5.74, 6) is -0.594. The van der Waals surface area contributed by atoms with Crippen molar-refractivity contribution in [3.05, 3.63) is 90.6 Å². The Kier molecular flexibility index (Phi) is 5.73. The van der Waals surface area contributed by atoms with Crippen LogP contribution >= 0.6 is 0 Å². The third kappa shape index (κ3) is 3.96. The molecule has 0 fully saturated rings. The fourth-order valence-electron chi connectivity index (χ4n) is 3.92. The SMILES string of the molecule is Cc1ccc(Nc2c3c(=O)n(C)c(=O)n(-c4ccc(S(N)(=O)=O)cc4)c3c(C)c(=O)n2C)c(F)c1. The lowest BCUT2D eigenvalue weighted by molar-refractivity contribution is 0.597. The quantitative estimate of drug-likeness (QED) is 0.437. The summed E-state index contributed by atoms with van der Waals surface area (Å²) >= 11 is 0. The molecule has 0 unspecified atom stereocenters. The van der Waals surface area contributed by atoms with Crippen LogP contribution < -0.4 is 27.3 Å². The first kappa shape index (κ1) is 24.1. The van der Waals surface area contributed by atoms with Gasteiger partial charge in [0, 0.05) is 19.7 Å². The second kappa shape index (κ2) is 8.32. The summed E-state index contributed by atoms with van der Waals surface area (Å²) in [5, 5.41) is 7.97. The normalized spacial score (nSPS) is 11.7. The van der Waals surface area contributed by atoms with Crippen LogP contribution in [0, 0.1) is 19.7 Å². The van der Waals surface area contributed by atoms with E-state index in [1.807, 2.05) is 0 Å². The predicted octanol–water partition coefficient (Wildman–Crippen LogP) is 1.54. The van der Waals surface area contributed by atoms with Crippen LogP contribution in [-0.2, 0) is 24.1 Å². The van der Waals surface area contributed by atoms with Crippen LogP contribution in [0.5, 0.6) is 0 Å². The molecule has 2 aromatic carbocycles. The highest BCUT2D eigenvalue weighted by Crippen LogP contribution is 2.27. The second-order valence-corrected chi connectivity index (χ2v) is 9.75. The molecule has 3 N–H and O–H groups in total. The van der Waals surface area contributed by atoms with E-state index in [1.165, 1.54) is 62.0 Å². The van der Waals surface area contributed by atoms with Gasteiger partial charge in [0.1, 0.15) is 17.0 Å². The van der Waals surface area contributed by atoms with Crippen LogP contribution in [0.25, 0.3) is 16.6 Å². The molecule has 4 rings (SSSR count). The van der Waals surface area contributed by atoms with Gasteiger partial charge in [0.05, 0.1) is 21.8 Å². The van der Waals surface area contributed by atoms with Gasteiger partial charge in [0.2, 0.25) is 10.0 Å². The number of hydrogen-bond donors (Lipinski definition) is 2. The standard InChI is InChI=1S/C23H22FN5O5S/c1-12-5-10-17(16(24)11-12)26-20-18-19(13(2)21(30)27(20)3)29(23(32)28(4)22(18)31)14-6-8-15(9-7-14)35(25,33)34/h5-11,26H,1-4H3,(H2,25,33,34). The minimum Gasteiger partial charge on any atom is -0.338 e. The van der Waals surface area contributed by atoms with Gasteiger partial charge in [-0.2, -0.15) is 0 Å². The molecule has 0 spiro atoms. The summed E-state index contributed by atoms with van der Waals surface area (Å²) in [7, 11) is -1.28. The van der Waals surface area contributed by atoms with E-state index >= 15 is 0 Å². The van der Waals surface area contributed by atoms with Gasteiger partial charge in [-0.3, -0.25) is 23.3 Å². The average molecular weight is 500 g/mol. The van der Waals surface area contributed by atoms with E-state index in [1.54, 1.807) is 13.0 Å². The van der Waals surface area contributed by atoms with Crippen LogP contribution in [-0.4, -0.2) is 22.1 Å². The van der Waals surface area contributed by atoms with Crippen LogP contribution in [0.4, 0.5) is 15.9 Å². The Hall–Kier alpha value is -4.03. The zero-order chi connectivity index (χ0) is 25.8. The first-order valence-electron chi connectivity index (χ1n) is 10.3. The molecule has 12 heteroatoms. The summed E-state index contributed by atoms with van der Waals surface area (Å²) in [6.07, 6.45) is 0. The third-order valence-electron chi connectivity index (χ3n) is 5.81. The predicted molar refractivity (Wildman–Crippen MR) is 131 cm³/mol. The lowest BCUT2D eigenvalue weighted by atomic mass is 10.1. The lowest BCUT2D eigenvalue weighted by Gasteiger charge is -2.20. The van der Waals surface area contributed by atoms with E-state index < -0.39 is 32.6 Å². The Morgan fingerprint density at radius 2 is 1.54 bits per heavy atom. The Bertz CT molecular complexity index is 1800. The van der Waals surface area contributed by atoms with E-state index in [0.29, 0.717) is 5.56 Å². The van der Waals surface area contributed by atoms with Gasteiger partial charge >= 0.3 is 5.69 Å². The Labute approximate surface area is 198 Å². The monoisotopic (exact) mass is 499 g/mol. The van der Waals surface area contributed by atoms with Crippen molar-refractivity contribution in [3.63, 3.8) is 0 Å². The number of sulfonamides is 1. The minimum absolute atomic E-state index is 0.00569. The highest BCUT2D eigenvalue weighted by atomic mass is 32.2. The number of pyridine rings is 1. The van der Waals surface area contributed by atoms with Crippen LogP contribution in [0.2, 0.25) is 0 Å². The summed E-state index contributed by atoms with van der Waals surface area (Å²) in [4.78, 5) is 39.4. The number of nitrogens with one attached hydrogen (secondary N) is 1. The van der Waals surface area contributed by atoms with Gasteiger partial charge in [-0.05, 0) is 55.8 Å². The van der Waals surface area contributed by atoms with E-state index in [9.17, 15) is 27.2 Å². The largest absolute Gasteiger partial charge is 0.338 e. The van der Waals surface area contributed by atoms with Crippen molar-refractivity contribution in [3.8, 4) is 5.69 Å². The van der Waals surface area contributed by atoms with Crippen molar-refractivity contribution < 1.29 is 12.8 Å². The molecule has 10 nitrogen and oxygen atoms in total. The van der Waals surface area contributed by atoms with Crippen LogP contribution in [0.3, 0.4) is 0 Å². The first-order chi connectivity index (χ1) is 16.3. The van der Waals surface area contributed by atoms with Gasteiger partial charge in [-0.25, -0.2) is 22.7 Å². The highest BCUT2D eigenvalue weighted by Gasteiger charge is 2.23. The fourth-order valence-corrected chi connectivity index (χ4v) is 4.44. The molecule has 0 radical (unpaired) electrons. The molecule has 0 saturated carbocycles. The Balaban J connectivity index is 2.13. The molecule has 0 aliphatic heterocycles. The molecule has 0 bridgehead atoms. The van der Waals surface area contributed by atoms with Crippen molar-refractivity contribution >= 4 is 32.4 Å². The molecule has 0 saturated heterocycles. The number of hydrogen-bond acceptors (Lipinski definition) is 6. The second-order valence-electron chi connectivity index (χ2n) is 8.19. The average Bonchev–Trinajstić information content (AvgIpc) is 2.80. The summed E-state index contributed by atoms with van der Waals surface area (Å²) in [6.45, 7) is 3.19. The number of anilines is 2. The number of nitrogens with zero attached hydrogens (tertiary/aromatic N) is 3. The molecule has 0 aliphatic rings. The molecule has 0 aliphatic carbocycles. The summed E-state index contributed by atoms with van der Waals surface area (Å²) in [6, 6.07) is 9.56. The molecule has 2 aromatic heterocycles. The summed E-state index contributed by atoms with van der Waals surface area (Å²) in [5.41, 5.74) is -0.938. The number of primary sulfonamides is 1. The fraction of sp³-hybridized carbons (Fsp3) is 0.174. The molecular formula is C23H22FN5O5S. The smallest absolute Gasteiger partial charge is 0.335 e. The maximum atomic E-state index is 14.6. The van der Waals surface area contributed by atoms with Crippen molar-refractivity contribution in [2.75, 3.05) is 5.32 Å². The summed E-state index contributed by atoms with van der Waals surface area (Å²) < 4.78 is 41.1. The lowest BCUT2D eigenvalue weighted by Crippen LogP contribution is -2.40. The van der Waals surface area contributed by atoms with Gasteiger partial charge in [-0.15, -0.1) is 0 Å². The Morgan fingerprint density at radius 3 is 2.11 bits per heavy atom. The van der Waals surface area contributed by atoms with E-state index in [-0.39, 0.29) is 38.6 Å². The molecule has 2 heterocycles. The molecule has 182 valence electrons. The van der Waals surface area contributed by atoms with Gasteiger partial charge < -0.3 is 5.32 Å². The van der Waals surface area contributed by atoms with Crippen LogP contribution in [0.1, 0.15) is 11.1 Å². The Morgan fingerprint density at radius 1 is 0.914 bits per heavy atom. The highest BCUT2D eigenvalue weighted by molar-refractivity contribution is 7.89. The number of nitrogens with two attached hydrogens (primary N) is 1. The number of aromatic nitrogens is 3. The first-order valence-corrected chi connectivity index (χ1v) is 11.9. The van der Waals surface area contributed by atoms with Gasteiger partial charge in [0.25, 0.3) is 11.1 Å². The maximum absolute atomic E-state index is 14.6. The van der Waals surface area contributed by atoms with Crippen molar-refractivity contribution in [2.24, 2.45) is 19.2 Å². The van der Waals surface area contributed by atoms with Gasteiger partial charge in [-0.1, -0.05) is 6.07 Å². The van der Waals surface area contributed by atoms with Crippen molar-refractivity contribution in [1.29, 1.82) is 0 Å². The zero-order valence-electron chi connectivity index (χ0n) is 19.3. The molecule has 0 amide bonds. The number of aryl methyl sites for hydroxylation is 2. The topological polar surface area (TPSA) is 138 Å². The number of halogens is 1. The van der Waals surface area contributed by atoms with E-state index in [4.69, 9.17) is 5.14 Å². The zero-order valence-corrected chi connectivity index (χ0v) is 20.1. The van der Waals surface area contributed by atoms with Crippen molar-refractivity contribution in [1.82, 2.24) is 13.7 Å². The number of rotatable bonds is 4. The number of fused-ring (bicyclic) bond motifs is 1. The van der Waals surface area contributed by atoms with Crippen molar-refractivity contribution in [2.45, 2.75) is 18.7 Å². The maximum Gasteiger partial charge on any atom is 0.335 e. The molecule has 4 aromatic rings.